The summed E-state index contributed by atoms with van der Waals surface area (Å²) in [6, 6.07) is -0.234. The fraction of sp³-hybridized carbons (Fsp3) is 0.889. The maximum atomic E-state index is 11.2. The van der Waals surface area contributed by atoms with E-state index in [1.807, 2.05) is 0 Å². The minimum absolute atomic E-state index is 0.0281. The van der Waals surface area contributed by atoms with Gasteiger partial charge >= 0.3 is 6.09 Å². The summed E-state index contributed by atoms with van der Waals surface area (Å²) in [5.74, 6) is 0.188. The number of methoxy groups -OCH3 is 1. The summed E-state index contributed by atoms with van der Waals surface area (Å²) in [4.78, 5) is 12.9. The van der Waals surface area contributed by atoms with Gasteiger partial charge in [-0.25, -0.2) is 4.79 Å². The first kappa shape index (κ1) is 11.3. The summed E-state index contributed by atoms with van der Waals surface area (Å²) < 4.78 is 4.64. The van der Waals surface area contributed by atoms with Gasteiger partial charge in [0.25, 0.3) is 0 Å². The number of likely N-dealkylation sites (tertiary alicyclic amines) is 1. The van der Waals surface area contributed by atoms with Crippen LogP contribution in [0.3, 0.4) is 0 Å². The highest BCUT2D eigenvalue weighted by atomic mass is 16.5. The molecule has 2 atom stereocenters. The Balaban J connectivity index is 2.47. The molecule has 1 amide bonds. The van der Waals surface area contributed by atoms with E-state index in [9.17, 15) is 4.79 Å². The maximum absolute atomic E-state index is 11.2. The molecule has 0 bridgehead atoms. The van der Waals surface area contributed by atoms with Gasteiger partial charge in [0, 0.05) is 19.1 Å². The highest BCUT2D eigenvalue weighted by molar-refractivity contribution is 5.67. The molecule has 1 aliphatic heterocycles. The standard InChI is InChI=1S/C9H18N2O3/c1-14-9(13)11-4-2-3-7(5-11)8(10)6-12/h7-8,12H,2-6,10H2,1H3. The molecule has 0 aromatic rings. The van der Waals surface area contributed by atoms with Crippen LogP contribution in [0.15, 0.2) is 0 Å². The van der Waals surface area contributed by atoms with Gasteiger partial charge in [-0.2, -0.15) is 0 Å². The molecule has 5 heteroatoms. The number of aliphatic hydroxyl groups excluding tert-OH is 1. The fourth-order valence-corrected chi connectivity index (χ4v) is 1.80. The van der Waals surface area contributed by atoms with Gasteiger partial charge in [-0.3, -0.25) is 0 Å². The number of ether oxygens (including phenoxy) is 1. The van der Waals surface area contributed by atoms with Crippen molar-refractivity contribution < 1.29 is 14.6 Å². The molecule has 14 heavy (non-hydrogen) atoms. The molecule has 0 saturated carbocycles. The van der Waals surface area contributed by atoms with Crippen molar-refractivity contribution in [3.63, 3.8) is 0 Å². The summed E-state index contributed by atoms with van der Waals surface area (Å²) in [6.07, 6.45) is 1.59. The van der Waals surface area contributed by atoms with E-state index in [0.717, 1.165) is 19.4 Å². The van der Waals surface area contributed by atoms with Crippen LogP contribution >= 0.6 is 0 Å². The highest BCUT2D eigenvalue weighted by Gasteiger charge is 2.27. The van der Waals surface area contributed by atoms with Crippen molar-refractivity contribution in [2.24, 2.45) is 11.7 Å². The van der Waals surface area contributed by atoms with E-state index in [0.29, 0.717) is 6.54 Å². The number of rotatable bonds is 2. The number of nitrogens with zero attached hydrogens (tertiary/aromatic N) is 1. The molecule has 1 saturated heterocycles. The van der Waals surface area contributed by atoms with E-state index < -0.39 is 0 Å². The third-order valence-electron chi connectivity index (χ3n) is 2.71. The van der Waals surface area contributed by atoms with Gasteiger partial charge in [0.15, 0.2) is 0 Å². The van der Waals surface area contributed by atoms with Gasteiger partial charge in [0.2, 0.25) is 0 Å². The number of aliphatic hydroxyl groups is 1. The van der Waals surface area contributed by atoms with Crippen molar-refractivity contribution in [2.75, 3.05) is 26.8 Å². The van der Waals surface area contributed by atoms with Crippen molar-refractivity contribution in [1.82, 2.24) is 4.90 Å². The van der Waals surface area contributed by atoms with Crippen molar-refractivity contribution in [3.05, 3.63) is 0 Å². The molecule has 3 N–H and O–H groups in total. The minimum atomic E-state index is -0.306. The van der Waals surface area contributed by atoms with Crippen molar-refractivity contribution in [3.8, 4) is 0 Å². The molecule has 0 aromatic carbocycles. The largest absolute Gasteiger partial charge is 0.453 e. The van der Waals surface area contributed by atoms with Crippen molar-refractivity contribution in [1.29, 1.82) is 0 Å². The summed E-state index contributed by atoms with van der Waals surface area (Å²) in [5.41, 5.74) is 5.72. The predicted octanol–water partition coefficient (Wildman–Crippen LogP) is -0.216. The van der Waals surface area contributed by atoms with E-state index in [4.69, 9.17) is 10.8 Å². The molecule has 1 rings (SSSR count). The maximum Gasteiger partial charge on any atom is 0.409 e. The Morgan fingerprint density at radius 1 is 1.79 bits per heavy atom. The number of hydrogen-bond donors (Lipinski definition) is 2. The zero-order valence-corrected chi connectivity index (χ0v) is 8.48. The normalized spacial score (nSPS) is 24.5. The third-order valence-corrected chi connectivity index (χ3v) is 2.71. The molecular weight excluding hydrogens is 184 g/mol. The lowest BCUT2D eigenvalue weighted by Crippen LogP contribution is -2.47. The Labute approximate surface area is 83.8 Å². The summed E-state index contributed by atoms with van der Waals surface area (Å²) in [6.45, 7) is 1.29. The summed E-state index contributed by atoms with van der Waals surface area (Å²) in [5, 5.41) is 8.91. The molecule has 2 unspecified atom stereocenters. The Hall–Kier alpha value is -0.810. The van der Waals surface area contributed by atoms with Crippen molar-refractivity contribution >= 4 is 6.09 Å². The lowest BCUT2D eigenvalue weighted by molar-refractivity contribution is 0.0905. The number of carbonyl (C=O) groups is 1. The predicted molar refractivity (Wildman–Crippen MR) is 51.8 cm³/mol. The van der Waals surface area contributed by atoms with Crippen LogP contribution in [0.25, 0.3) is 0 Å². The van der Waals surface area contributed by atoms with Crippen LogP contribution in [-0.2, 0) is 4.74 Å². The topological polar surface area (TPSA) is 75.8 Å². The van der Waals surface area contributed by atoms with Gasteiger partial charge in [0.1, 0.15) is 0 Å². The van der Waals surface area contributed by atoms with Crippen LogP contribution in [0.2, 0.25) is 0 Å². The van der Waals surface area contributed by atoms with Gasteiger partial charge in [-0.15, -0.1) is 0 Å². The lowest BCUT2D eigenvalue weighted by atomic mass is 9.92. The van der Waals surface area contributed by atoms with Crippen molar-refractivity contribution in [2.45, 2.75) is 18.9 Å². The van der Waals surface area contributed by atoms with Crippen LogP contribution in [0.4, 0.5) is 4.79 Å². The zero-order chi connectivity index (χ0) is 10.6. The number of carbonyl (C=O) groups excluding carboxylic acids is 1. The van der Waals surface area contributed by atoms with Crippen LogP contribution in [0.1, 0.15) is 12.8 Å². The number of nitrogens with two attached hydrogens (primary N) is 1. The third kappa shape index (κ3) is 2.59. The minimum Gasteiger partial charge on any atom is -0.453 e. The second-order valence-corrected chi connectivity index (χ2v) is 3.66. The number of hydrogen-bond acceptors (Lipinski definition) is 4. The van der Waals surface area contributed by atoms with Gasteiger partial charge in [-0.05, 0) is 18.8 Å². The van der Waals surface area contributed by atoms with E-state index in [1.54, 1.807) is 4.90 Å². The second kappa shape index (κ2) is 5.17. The molecule has 0 aliphatic carbocycles. The van der Waals surface area contributed by atoms with Crippen LogP contribution in [0.5, 0.6) is 0 Å². The van der Waals surface area contributed by atoms with E-state index in [1.165, 1.54) is 7.11 Å². The van der Waals surface area contributed by atoms with E-state index in [2.05, 4.69) is 4.74 Å². The molecule has 1 fully saturated rings. The Morgan fingerprint density at radius 2 is 2.50 bits per heavy atom. The zero-order valence-electron chi connectivity index (χ0n) is 8.48. The summed E-state index contributed by atoms with van der Waals surface area (Å²) >= 11 is 0. The SMILES string of the molecule is COC(=O)N1CCCC(C(N)CO)C1. The fourth-order valence-electron chi connectivity index (χ4n) is 1.80. The lowest BCUT2D eigenvalue weighted by Gasteiger charge is -2.34. The van der Waals surface area contributed by atoms with E-state index in [-0.39, 0.29) is 24.7 Å². The molecule has 82 valence electrons. The number of amides is 1. The van der Waals surface area contributed by atoms with Gasteiger partial charge in [-0.1, -0.05) is 0 Å². The first-order valence-corrected chi connectivity index (χ1v) is 4.88. The molecule has 1 aliphatic rings. The first-order valence-electron chi connectivity index (χ1n) is 4.88. The quantitative estimate of drug-likeness (QED) is 0.649. The smallest absolute Gasteiger partial charge is 0.409 e. The molecule has 1 heterocycles. The Bertz CT molecular complexity index is 198. The number of piperidine rings is 1. The van der Waals surface area contributed by atoms with Gasteiger partial charge < -0.3 is 20.5 Å². The molecule has 5 nitrogen and oxygen atoms in total. The Morgan fingerprint density at radius 3 is 3.07 bits per heavy atom. The molecule has 0 aromatic heterocycles. The molecule has 0 radical (unpaired) electrons. The average molecular weight is 202 g/mol. The van der Waals surface area contributed by atoms with Crippen LogP contribution < -0.4 is 5.73 Å². The molecule has 0 spiro atoms. The summed E-state index contributed by atoms with van der Waals surface area (Å²) in [7, 11) is 1.37. The van der Waals surface area contributed by atoms with Gasteiger partial charge in [0.05, 0.1) is 13.7 Å². The van der Waals surface area contributed by atoms with E-state index >= 15 is 0 Å². The second-order valence-electron chi connectivity index (χ2n) is 3.66. The monoisotopic (exact) mass is 202 g/mol. The van der Waals surface area contributed by atoms with Crippen LogP contribution in [0, 0.1) is 5.92 Å². The van der Waals surface area contributed by atoms with Crippen LogP contribution in [-0.4, -0.2) is 48.9 Å². The average Bonchev–Trinajstić information content (AvgIpc) is 2.27. The molecular formula is C9H18N2O3. The first-order chi connectivity index (χ1) is 6.69. The Kier molecular flexibility index (Phi) is 4.16. The highest BCUT2D eigenvalue weighted by Crippen LogP contribution is 2.19.